The van der Waals surface area contributed by atoms with E-state index in [1.165, 1.54) is 71.3 Å². The Bertz CT molecular complexity index is 2010. The maximum absolute atomic E-state index is 4.23. The molecule has 0 atom stereocenters. The molecule has 39 heavy (non-hydrogen) atoms. The maximum atomic E-state index is 4.23. The molecule has 0 aliphatic rings. The van der Waals surface area contributed by atoms with Gasteiger partial charge in [0.05, 0.1) is 0 Å². The highest BCUT2D eigenvalue weighted by molar-refractivity contribution is 6.22. The highest BCUT2D eigenvalue weighted by Crippen LogP contribution is 2.45. The average Bonchev–Trinajstić information content (AvgIpc) is 2.99. The maximum Gasteiger partial charge on any atom is -0.00262 e. The molecule has 0 heteroatoms. The summed E-state index contributed by atoms with van der Waals surface area (Å²) in [6.45, 7) is 6.31. The minimum absolute atomic E-state index is 1.08. The lowest BCUT2D eigenvalue weighted by atomic mass is 9.84. The summed E-state index contributed by atoms with van der Waals surface area (Å²) in [5.41, 5.74) is 9.80. The van der Waals surface area contributed by atoms with Crippen molar-refractivity contribution in [1.82, 2.24) is 0 Å². The summed E-state index contributed by atoms with van der Waals surface area (Å²) in [6.07, 6.45) is 0. The van der Waals surface area contributed by atoms with Crippen LogP contribution in [0.25, 0.3) is 71.3 Å². The van der Waals surface area contributed by atoms with E-state index in [2.05, 4.69) is 153 Å². The van der Waals surface area contributed by atoms with E-state index < -0.39 is 0 Å². The van der Waals surface area contributed by atoms with Gasteiger partial charge in [-0.3, -0.25) is 0 Å². The monoisotopic (exact) mass is 496 g/mol. The minimum Gasteiger partial charge on any atom is -0.0955 e. The fourth-order valence-electron chi connectivity index (χ4n) is 6.11. The van der Waals surface area contributed by atoms with Gasteiger partial charge in [-0.15, -0.1) is 0 Å². The molecule has 0 aromatic heterocycles. The van der Waals surface area contributed by atoms with Crippen LogP contribution in [0.3, 0.4) is 0 Å². The first kappa shape index (κ1) is 23.2. The van der Waals surface area contributed by atoms with Crippen molar-refractivity contribution in [3.05, 3.63) is 152 Å². The van der Waals surface area contributed by atoms with Gasteiger partial charge in [-0.1, -0.05) is 146 Å². The highest BCUT2D eigenvalue weighted by atomic mass is 14.2. The third-order valence-corrected chi connectivity index (χ3v) is 7.84. The lowest BCUT2D eigenvalue weighted by molar-refractivity contribution is 1.62. The van der Waals surface area contributed by atoms with Crippen LogP contribution in [-0.2, 0) is 0 Å². The Hall–Kier alpha value is -4.94. The van der Waals surface area contributed by atoms with Gasteiger partial charge in [0.25, 0.3) is 0 Å². The average molecular weight is 497 g/mol. The number of hydrogen-bond donors (Lipinski definition) is 0. The van der Waals surface area contributed by atoms with E-state index >= 15 is 0 Å². The first-order chi connectivity index (χ1) is 19.2. The Labute approximate surface area is 229 Å². The summed E-state index contributed by atoms with van der Waals surface area (Å²) in [6, 6.07) is 50.6. The third-order valence-electron chi connectivity index (χ3n) is 7.84. The second-order valence-corrected chi connectivity index (χ2v) is 10.3. The van der Waals surface area contributed by atoms with E-state index in [4.69, 9.17) is 0 Å². The molecule has 0 saturated carbocycles. The molecule has 0 heterocycles. The second kappa shape index (κ2) is 9.42. The molecule has 0 spiro atoms. The molecule has 0 N–H and O–H groups in total. The molecule has 0 amide bonds. The number of benzene rings is 7. The summed E-state index contributed by atoms with van der Waals surface area (Å²) < 4.78 is 0. The Morgan fingerprint density at radius 3 is 1.56 bits per heavy atom. The van der Waals surface area contributed by atoms with Crippen molar-refractivity contribution in [2.45, 2.75) is 6.92 Å². The molecule has 7 aromatic carbocycles. The SMILES string of the molecule is C=C(C)c1cccc2c(-c3ccc4c(-c5ccccc5)c5ccccc5c(-c5ccccc5)c4c3)cccc12. The second-order valence-electron chi connectivity index (χ2n) is 10.3. The number of rotatable bonds is 4. The lowest BCUT2D eigenvalue weighted by Crippen LogP contribution is -1.92. The van der Waals surface area contributed by atoms with Crippen molar-refractivity contribution in [3.8, 4) is 33.4 Å². The van der Waals surface area contributed by atoms with Gasteiger partial charge in [-0.05, 0) is 84.3 Å². The van der Waals surface area contributed by atoms with Crippen molar-refractivity contribution in [2.24, 2.45) is 0 Å². The summed E-state index contributed by atoms with van der Waals surface area (Å²) in [5.74, 6) is 0. The van der Waals surface area contributed by atoms with Crippen molar-refractivity contribution in [1.29, 1.82) is 0 Å². The largest absolute Gasteiger partial charge is 0.0955 e. The quantitative estimate of drug-likeness (QED) is 0.213. The van der Waals surface area contributed by atoms with Crippen molar-refractivity contribution >= 4 is 37.9 Å². The van der Waals surface area contributed by atoms with E-state index in [1.807, 2.05) is 0 Å². The van der Waals surface area contributed by atoms with Crippen LogP contribution in [0.15, 0.2) is 146 Å². The van der Waals surface area contributed by atoms with Crippen LogP contribution in [0.1, 0.15) is 12.5 Å². The van der Waals surface area contributed by atoms with Gasteiger partial charge in [0.1, 0.15) is 0 Å². The Morgan fingerprint density at radius 2 is 0.923 bits per heavy atom. The third kappa shape index (κ3) is 3.85. The molecule has 184 valence electrons. The molecular formula is C39H28. The predicted octanol–water partition coefficient (Wildman–Crippen LogP) is 11.2. The molecule has 0 aliphatic heterocycles. The van der Waals surface area contributed by atoms with E-state index in [-0.39, 0.29) is 0 Å². The zero-order chi connectivity index (χ0) is 26.3. The first-order valence-corrected chi connectivity index (χ1v) is 13.5. The standard InChI is InChI=1S/C39H28/c1-26(2)30-19-11-22-33-31(20-12-21-32(30)33)29-23-24-36-37(25-29)39(28-15-7-4-8-16-28)35-18-10-9-17-34(35)38(36)27-13-5-3-6-14-27/h3-25H,1H2,2H3. The van der Waals surface area contributed by atoms with Crippen LogP contribution in [0.5, 0.6) is 0 Å². The van der Waals surface area contributed by atoms with Crippen LogP contribution in [0.2, 0.25) is 0 Å². The predicted molar refractivity (Wildman–Crippen MR) is 170 cm³/mol. The van der Waals surface area contributed by atoms with Gasteiger partial charge in [-0.25, -0.2) is 0 Å². The van der Waals surface area contributed by atoms with Crippen molar-refractivity contribution in [2.75, 3.05) is 0 Å². The van der Waals surface area contributed by atoms with Crippen LogP contribution in [-0.4, -0.2) is 0 Å². The fraction of sp³-hybridized carbons (Fsp3) is 0.0256. The number of hydrogen-bond acceptors (Lipinski definition) is 0. The fourth-order valence-corrected chi connectivity index (χ4v) is 6.11. The highest BCUT2D eigenvalue weighted by Gasteiger charge is 2.17. The summed E-state index contributed by atoms with van der Waals surface area (Å²) in [4.78, 5) is 0. The van der Waals surface area contributed by atoms with Crippen LogP contribution < -0.4 is 0 Å². The van der Waals surface area contributed by atoms with Gasteiger partial charge < -0.3 is 0 Å². The lowest BCUT2D eigenvalue weighted by Gasteiger charge is -2.19. The molecule has 0 nitrogen and oxygen atoms in total. The zero-order valence-electron chi connectivity index (χ0n) is 22.0. The molecule has 7 aromatic rings. The smallest absolute Gasteiger partial charge is 0.00262 e. The molecule has 0 aliphatic carbocycles. The zero-order valence-corrected chi connectivity index (χ0v) is 22.0. The van der Waals surface area contributed by atoms with Gasteiger partial charge in [-0.2, -0.15) is 0 Å². The molecule has 0 radical (unpaired) electrons. The van der Waals surface area contributed by atoms with E-state index in [9.17, 15) is 0 Å². The summed E-state index contributed by atoms with van der Waals surface area (Å²) in [5, 5.41) is 7.58. The molecule has 0 bridgehead atoms. The van der Waals surface area contributed by atoms with Crippen LogP contribution in [0, 0.1) is 0 Å². The van der Waals surface area contributed by atoms with Gasteiger partial charge in [0.2, 0.25) is 0 Å². The van der Waals surface area contributed by atoms with E-state index in [0.717, 1.165) is 5.57 Å². The van der Waals surface area contributed by atoms with Crippen LogP contribution >= 0.6 is 0 Å². The van der Waals surface area contributed by atoms with E-state index in [0.29, 0.717) is 0 Å². The van der Waals surface area contributed by atoms with E-state index in [1.54, 1.807) is 0 Å². The molecular weight excluding hydrogens is 468 g/mol. The van der Waals surface area contributed by atoms with Crippen molar-refractivity contribution in [3.63, 3.8) is 0 Å². The molecule has 7 rings (SSSR count). The number of fused-ring (bicyclic) bond motifs is 3. The molecule has 0 saturated heterocycles. The van der Waals surface area contributed by atoms with Gasteiger partial charge in [0, 0.05) is 0 Å². The first-order valence-electron chi connectivity index (χ1n) is 13.5. The minimum atomic E-state index is 1.08. The van der Waals surface area contributed by atoms with Gasteiger partial charge in [0.15, 0.2) is 0 Å². The molecule has 0 unspecified atom stereocenters. The topological polar surface area (TPSA) is 0 Å². The molecule has 0 fully saturated rings. The Balaban J connectivity index is 1.62. The normalized spacial score (nSPS) is 11.3. The van der Waals surface area contributed by atoms with Gasteiger partial charge >= 0.3 is 0 Å². The Kier molecular flexibility index (Phi) is 5.60. The summed E-state index contributed by atoms with van der Waals surface area (Å²) >= 11 is 0. The number of allylic oxidation sites excluding steroid dienone is 1. The van der Waals surface area contributed by atoms with Crippen molar-refractivity contribution < 1.29 is 0 Å². The van der Waals surface area contributed by atoms with Crippen LogP contribution in [0.4, 0.5) is 0 Å². The Morgan fingerprint density at radius 1 is 0.410 bits per heavy atom. The summed E-state index contributed by atoms with van der Waals surface area (Å²) in [7, 11) is 0.